The van der Waals surface area contributed by atoms with Crippen molar-refractivity contribution in [1.82, 2.24) is 25.4 Å². The molecule has 11 heteroatoms. The molecule has 52 heavy (non-hydrogen) atoms. The summed E-state index contributed by atoms with van der Waals surface area (Å²) in [7, 11) is 0. The highest BCUT2D eigenvalue weighted by Gasteiger charge is 2.30. The number of fused-ring (bicyclic) bond motifs is 5. The van der Waals surface area contributed by atoms with Gasteiger partial charge in [0.1, 0.15) is 4.88 Å². The molecule has 0 aliphatic carbocycles. The lowest BCUT2D eigenvalue weighted by molar-refractivity contribution is -0.134. The van der Waals surface area contributed by atoms with Crippen LogP contribution in [-0.2, 0) is 9.59 Å². The van der Waals surface area contributed by atoms with Crippen molar-refractivity contribution in [2.75, 3.05) is 69.1 Å². The molecular weight excluding hydrogens is 671 g/mol. The largest absolute Gasteiger partial charge is 0.381 e. The van der Waals surface area contributed by atoms with Crippen LogP contribution in [0.25, 0.3) is 32.2 Å². The van der Waals surface area contributed by atoms with Crippen molar-refractivity contribution in [3.63, 3.8) is 0 Å². The predicted molar refractivity (Wildman–Crippen MR) is 207 cm³/mol. The third-order valence-electron chi connectivity index (χ3n) is 11.3. The number of pyridine rings is 1. The van der Waals surface area contributed by atoms with Gasteiger partial charge in [0.25, 0.3) is 5.91 Å². The van der Waals surface area contributed by atoms with E-state index >= 15 is 0 Å². The molecule has 3 saturated heterocycles. The van der Waals surface area contributed by atoms with E-state index in [4.69, 9.17) is 4.98 Å². The number of carbonyl (C=O) groups is 3. The molecular formula is C41H43N7O3S. The summed E-state index contributed by atoms with van der Waals surface area (Å²) < 4.78 is 1.10. The van der Waals surface area contributed by atoms with Gasteiger partial charge in [-0.3, -0.25) is 24.6 Å². The van der Waals surface area contributed by atoms with Gasteiger partial charge in [-0.25, -0.2) is 4.98 Å². The van der Waals surface area contributed by atoms with E-state index in [-0.39, 0.29) is 29.7 Å². The van der Waals surface area contributed by atoms with Crippen LogP contribution in [-0.4, -0.2) is 97.4 Å². The number of hydrogen-bond donors (Lipinski definition) is 3. The van der Waals surface area contributed by atoms with E-state index in [9.17, 15) is 14.4 Å². The van der Waals surface area contributed by atoms with E-state index in [0.29, 0.717) is 25.3 Å². The minimum Gasteiger partial charge on any atom is -0.381 e. The average Bonchev–Trinajstić information content (AvgIpc) is 3.46. The van der Waals surface area contributed by atoms with Crippen molar-refractivity contribution < 1.29 is 14.4 Å². The van der Waals surface area contributed by atoms with Crippen molar-refractivity contribution >= 4 is 61.4 Å². The molecule has 10 nitrogen and oxygen atoms in total. The summed E-state index contributed by atoms with van der Waals surface area (Å²) >= 11 is 1.54. The molecule has 1 unspecified atom stereocenters. The van der Waals surface area contributed by atoms with E-state index in [1.165, 1.54) is 22.6 Å². The van der Waals surface area contributed by atoms with Crippen LogP contribution in [0.1, 0.15) is 52.4 Å². The SMILES string of the molecule is C[C@@H]1CNc2c(sc3ccc4nc(-c5ccc(C6CN(CCN7CCN(c8ccc(C9CCC(=O)NC9=O)cc8)CC7)C6)cc5)ccc4c23)C(=O)N1. The molecule has 0 bridgehead atoms. The number of nitrogens with zero attached hydrogens (tertiary/aromatic N) is 4. The van der Waals surface area contributed by atoms with E-state index in [2.05, 4.69) is 91.3 Å². The first-order valence-electron chi connectivity index (χ1n) is 18.5. The van der Waals surface area contributed by atoms with Gasteiger partial charge in [0, 0.05) is 104 Å². The summed E-state index contributed by atoms with van der Waals surface area (Å²) in [5.74, 6) is -0.0337. The van der Waals surface area contributed by atoms with Gasteiger partial charge >= 0.3 is 0 Å². The summed E-state index contributed by atoms with van der Waals surface area (Å²) in [5, 5.41) is 11.2. The van der Waals surface area contributed by atoms with E-state index in [1.54, 1.807) is 0 Å². The fourth-order valence-electron chi connectivity index (χ4n) is 8.22. The Morgan fingerprint density at radius 1 is 0.827 bits per heavy atom. The molecule has 6 heterocycles. The normalized spacial score (nSPS) is 21.7. The molecule has 9 rings (SSSR count). The molecule has 2 aromatic heterocycles. The quantitative estimate of drug-likeness (QED) is 0.193. The lowest BCUT2D eigenvalue weighted by Crippen LogP contribution is -2.51. The number of piperazine rings is 1. The predicted octanol–water partition coefficient (Wildman–Crippen LogP) is 5.40. The summed E-state index contributed by atoms with van der Waals surface area (Å²) in [5.41, 5.74) is 7.50. The maximum absolute atomic E-state index is 12.8. The Morgan fingerprint density at radius 3 is 2.35 bits per heavy atom. The molecule has 3 amide bonds. The molecule has 4 aliphatic heterocycles. The average molecular weight is 714 g/mol. The van der Waals surface area contributed by atoms with Crippen LogP contribution in [0.15, 0.2) is 72.8 Å². The number of benzene rings is 3. The van der Waals surface area contributed by atoms with Crippen molar-refractivity contribution in [3.8, 4) is 11.3 Å². The molecule has 0 saturated carbocycles. The third kappa shape index (κ3) is 6.31. The molecule has 4 aliphatic rings. The van der Waals surface area contributed by atoms with E-state index in [0.717, 1.165) is 101 Å². The Labute approximate surface area is 307 Å². The second-order valence-corrected chi connectivity index (χ2v) is 15.8. The highest BCUT2D eigenvalue weighted by Crippen LogP contribution is 2.41. The van der Waals surface area contributed by atoms with Gasteiger partial charge in [0.2, 0.25) is 11.8 Å². The second-order valence-electron chi connectivity index (χ2n) is 14.8. The Bertz CT molecular complexity index is 2170. The van der Waals surface area contributed by atoms with Crippen LogP contribution in [0.4, 0.5) is 11.4 Å². The zero-order valence-electron chi connectivity index (χ0n) is 29.4. The van der Waals surface area contributed by atoms with Crippen LogP contribution in [0.3, 0.4) is 0 Å². The Morgan fingerprint density at radius 2 is 1.58 bits per heavy atom. The van der Waals surface area contributed by atoms with E-state index in [1.807, 2.05) is 19.1 Å². The standard InChI is InChI=1S/C41H43N7O3S/c1-25-22-42-38-37-32-10-12-33(44-34(32)13-14-35(37)52-39(38)41(51)43-25)28-4-2-26(3-5-28)29-23-47(24-29)17-16-46-18-20-48(21-19-46)30-8-6-27(7-9-30)31-11-15-36(49)45-40(31)50/h2-10,12-14,25,29,31,42H,11,15-24H2,1H3,(H,43,51)(H,45,49,50)/t25-,31?/m1/s1. The molecule has 3 fully saturated rings. The van der Waals surface area contributed by atoms with Crippen LogP contribution < -0.4 is 20.9 Å². The Hall–Kier alpha value is -4.84. The zero-order chi connectivity index (χ0) is 35.3. The minimum absolute atomic E-state index is 0.00891. The lowest BCUT2D eigenvalue weighted by Gasteiger charge is -2.42. The molecule has 3 N–H and O–H groups in total. The number of aromatic nitrogens is 1. The van der Waals surface area contributed by atoms with Crippen molar-refractivity contribution in [2.24, 2.45) is 0 Å². The number of carbonyl (C=O) groups excluding carboxylic acids is 3. The molecule has 0 radical (unpaired) electrons. The summed E-state index contributed by atoms with van der Waals surface area (Å²) in [6.45, 7) is 11.2. The number of amides is 3. The van der Waals surface area contributed by atoms with Crippen molar-refractivity contribution in [1.29, 1.82) is 0 Å². The fourth-order valence-corrected chi connectivity index (χ4v) is 9.32. The van der Waals surface area contributed by atoms with Crippen LogP contribution in [0, 0.1) is 0 Å². The second kappa shape index (κ2) is 13.6. The van der Waals surface area contributed by atoms with Crippen molar-refractivity contribution in [2.45, 2.75) is 37.6 Å². The smallest absolute Gasteiger partial charge is 0.263 e. The van der Waals surface area contributed by atoms with Gasteiger partial charge in [-0.05, 0) is 60.9 Å². The molecule has 266 valence electrons. The van der Waals surface area contributed by atoms with E-state index < -0.39 is 0 Å². The fraction of sp³-hybridized carbons (Fsp3) is 0.366. The zero-order valence-corrected chi connectivity index (χ0v) is 30.2. The maximum atomic E-state index is 12.8. The topological polar surface area (TPSA) is 110 Å². The van der Waals surface area contributed by atoms with Crippen molar-refractivity contribution in [3.05, 3.63) is 88.8 Å². The van der Waals surface area contributed by atoms with Crippen LogP contribution in [0.2, 0.25) is 0 Å². The van der Waals surface area contributed by atoms with Gasteiger partial charge in [-0.2, -0.15) is 0 Å². The highest BCUT2D eigenvalue weighted by molar-refractivity contribution is 7.21. The minimum atomic E-state index is -0.234. The number of piperidine rings is 1. The molecule has 2 atom stereocenters. The first-order valence-corrected chi connectivity index (χ1v) is 19.3. The molecule has 3 aromatic carbocycles. The van der Waals surface area contributed by atoms with Gasteiger partial charge in [0.05, 0.1) is 22.8 Å². The van der Waals surface area contributed by atoms with Crippen LogP contribution >= 0.6 is 11.3 Å². The Kier molecular flexibility index (Phi) is 8.65. The molecule has 5 aromatic rings. The maximum Gasteiger partial charge on any atom is 0.263 e. The van der Waals surface area contributed by atoms with Gasteiger partial charge < -0.3 is 20.4 Å². The number of rotatable bonds is 7. The highest BCUT2D eigenvalue weighted by atomic mass is 32.1. The van der Waals surface area contributed by atoms with Gasteiger partial charge in [-0.15, -0.1) is 11.3 Å². The van der Waals surface area contributed by atoms with Gasteiger partial charge in [0.15, 0.2) is 0 Å². The lowest BCUT2D eigenvalue weighted by atomic mass is 9.90. The number of imide groups is 1. The number of thiophene rings is 1. The molecule has 0 spiro atoms. The number of likely N-dealkylation sites (tertiary alicyclic amines) is 1. The first-order chi connectivity index (χ1) is 25.4. The third-order valence-corrected chi connectivity index (χ3v) is 12.5. The van der Waals surface area contributed by atoms with Gasteiger partial charge in [-0.1, -0.05) is 36.4 Å². The van der Waals surface area contributed by atoms with Crippen LogP contribution in [0.5, 0.6) is 0 Å². The summed E-state index contributed by atoms with van der Waals surface area (Å²) in [6, 6.07) is 25.8. The monoisotopic (exact) mass is 713 g/mol. The number of nitrogens with one attached hydrogen (secondary N) is 3. The number of hydrogen-bond acceptors (Lipinski definition) is 9. The summed E-state index contributed by atoms with van der Waals surface area (Å²) in [6.07, 6.45) is 0.987. The first kappa shape index (κ1) is 33.0. The summed E-state index contributed by atoms with van der Waals surface area (Å²) in [4.78, 5) is 49.9. The number of anilines is 2. The Balaban J connectivity index is 0.761.